The van der Waals surface area contributed by atoms with E-state index in [0.29, 0.717) is 11.1 Å². The van der Waals surface area contributed by atoms with Crippen molar-refractivity contribution < 1.29 is 27.9 Å². The van der Waals surface area contributed by atoms with E-state index in [0.717, 1.165) is 12.1 Å². The number of allylic oxidation sites excluding steroid dienone is 2. The molecule has 1 aliphatic heterocycles. The number of carbonyl (C=O) groups is 2. The molecule has 1 amide bonds. The molecule has 0 radical (unpaired) electrons. The Kier molecular flexibility index (Phi) is 6.94. The average Bonchev–Trinajstić information content (AvgIpc) is 3.38. The lowest BCUT2D eigenvalue weighted by molar-refractivity contribution is -0.137. The highest BCUT2D eigenvalue weighted by atomic mass is 19.4. The van der Waals surface area contributed by atoms with Gasteiger partial charge in [-0.3, -0.25) is 15.0 Å². The van der Waals surface area contributed by atoms with E-state index in [-0.39, 0.29) is 40.1 Å². The summed E-state index contributed by atoms with van der Waals surface area (Å²) in [4.78, 5) is 34.1. The highest BCUT2D eigenvalue weighted by Gasteiger charge is 2.38. The summed E-state index contributed by atoms with van der Waals surface area (Å²) in [6.45, 7) is 9.50. The van der Waals surface area contributed by atoms with Crippen molar-refractivity contribution >= 4 is 29.5 Å². The van der Waals surface area contributed by atoms with Crippen molar-refractivity contribution in [1.29, 1.82) is 5.26 Å². The largest absolute Gasteiger partial charge is 0.478 e. The number of carbonyl (C=O) groups excluding carboxylic acids is 1. The molecular formula is C29H18F3N7O3. The summed E-state index contributed by atoms with van der Waals surface area (Å²) in [7, 11) is 0. The van der Waals surface area contributed by atoms with E-state index < -0.39 is 29.7 Å². The van der Waals surface area contributed by atoms with Crippen molar-refractivity contribution in [3.8, 4) is 6.07 Å². The van der Waals surface area contributed by atoms with Crippen LogP contribution in [-0.2, 0) is 6.18 Å². The van der Waals surface area contributed by atoms with Crippen LogP contribution in [0.2, 0.25) is 0 Å². The number of fused-ring (bicyclic) bond motifs is 1. The predicted molar refractivity (Wildman–Crippen MR) is 144 cm³/mol. The first-order valence-corrected chi connectivity index (χ1v) is 12.2. The Morgan fingerprint density at radius 2 is 1.76 bits per heavy atom. The van der Waals surface area contributed by atoms with Crippen molar-refractivity contribution in [2.24, 2.45) is 0 Å². The molecule has 0 saturated carbocycles. The second-order valence-electron chi connectivity index (χ2n) is 9.09. The number of nitriles is 1. The van der Waals surface area contributed by atoms with Gasteiger partial charge in [-0.05, 0) is 55.0 Å². The maximum atomic E-state index is 13.6. The van der Waals surface area contributed by atoms with Crippen LogP contribution in [-0.4, -0.2) is 31.7 Å². The van der Waals surface area contributed by atoms with Crippen LogP contribution < -0.4 is 10.2 Å². The van der Waals surface area contributed by atoms with E-state index in [1.54, 1.807) is 31.2 Å². The third-order valence-electron chi connectivity index (χ3n) is 6.56. The molecule has 0 fully saturated rings. The number of anilines is 3. The lowest BCUT2D eigenvalue weighted by Crippen LogP contribution is -2.30. The van der Waals surface area contributed by atoms with Gasteiger partial charge in [0.25, 0.3) is 11.9 Å². The van der Waals surface area contributed by atoms with Crippen molar-refractivity contribution in [1.82, 2.24) is 14.8 Å². The smallest absolute Gasteiger partial charge is 0.416 e. The second kappa shape index (κ2) is 10.6. The zero-order chi connectivity index (χ0) is 30.2. The topological polar surface area (TPSA) is 128 Å². The number of hydrogen-bond acceptors (Lipinski definition) is 6. The zero-order valence-electron chi connectivity index (χ0n) is 21.6. The van der Waals surface area contributed by atoms with E-state index in [9.17, 15) is 33.1 Å². The minimum Gasteiger partial charge on any atom is -0.478 e. The number of halogens is 3. The van der Waals surface area contributed by atoms with Crippen LogP contribution in [0, 0.1) is 17.9 Å². The molecule has 5 rings (SSSR count). The fraction of sp³-hybridized carbons (Fsp3) is 0.103. The van der Waals surface area contributed by atoms with Crippen LogP contribution in [0.5, 0.6) is 0 Å². The third-order valence-corrected chi connectivity index (χ3v) is 6.56. The fourth-order valence-corrected chi connectivity index (χ4v) is 4.62. The molecule has 2 N–H and O–H groups in total. The summed E-state index contributed by atoms with van der Waals surface area (Å²) in [5, 5.41) is 25.6. The maximum Gasteiger partial charge on any atom is 0.416 e. The van der Waals surface area contributed by atoms with Crippen LogP contribution in [0.1, 0.15) is 50.4 Å². The minimum absolute atomic E-state index is 0.00426. The van der Waals surface area contributed by atoms with Crippen LogP contribution >= 0.6 is 0 Å². The Hall–Kier alpha value is -5.95. The van der Waals surface area contributed by atoms with Gasteiger partial charge in [-0.1, -0.05) is 30.3 Å². The standard InChI is InChI=1S/C29H18F3N7O3/c1-16-23(34-2)24(18-12-10-17(15-33)11-13-18)39-28(38(16)20-7-5-6-19(14-20)29(30,31)32)36-27(37-39)35-25(40)21-8-3-4-9-22(21)26(41)42/h3-14,24H,1H3,(H,41,42)(H,35,37,40). The van der Waals surface area contributed by atoms with E-state index in [2.05, 4.69) is 20.2 Å². The second-order valence-corrected chi connectivity index (χ2v) is 9.09. The number of benzene rings is 3. The number of aromatic carboxylic acids is 1. The van der Waals surface area contributed by atoms with Gasteiger partial charge in [-0.25, -0.2) is 14.3 Å². The van der Waals surface area contributed by atoms with Crippen LogP contribution in [0.3, 0.4) is 0 Å². The van der Waals surface area contributed by atoms with Crippen LogP contribution in [0.4, 0.5) is 30.8 Å². The summed E-state index contributed by atoms with van der Waals surface area (Å²) in [6.07, 6.45) is -4.64. The van der Waals surface area contributed by atoms with Gasteiger partial charge in [0.1, 0.15) is 6.04 Å². The highest BCUT2D eigenvalue weighted by molar-refractivity contribution is 6.10. The first-order valence-electron chi connectivity index (χ1n) is 12.2. The van der Waals surface area contributed by atoms with E-state index >= 15 is 0 Å². The molecule has 1 unspecified atom stereocenters. The van der Waals surface area contributed by atoms with E-state index in [4.69, 9.17) is 6.57 Å². The van der Waals surface area contributed by atoms with Gasteiger partial charge in [-0.2, -0.15) is 23.4 Å². The van der Waals surface area contributed by atoms with Gasteiger partial charge in [0, 0.05) is 11.4 Å². The van der Waals surface area contributed by atoms with E-state index in [1.165, 1.54) is 46.0 Å². The number of hydrogen-bond donors (Lipinski definition) is 2. The van der Waals surface area contributed by atoms with Gasteiger partial charge >= 0.3 is 12.1 Å². The Balaban J connectivity index is 1.67. The summed E-state index contributed by atoms with van der Waals surface area (Å²) < 4.78 is 42.1. The molecule has 1 aromatic heterocycles. The highest BCUT2D eigenvalue weighted by Crippen LogP contribution is 2.44. The molecule has 0 aliphatic carbocycles. The molecule has 2 heterocycles. The predicted octanol–water partition coefficient (Wildman–Crippen LogP) is 6.01. The lowest BCUT2D eigenvalue weighted by atomic mass is 9.99. The summed E-state index contributed by atoms with van der Waals surface area (Å²) in [6, 6.07) is 17.4. The first-order chi connectivity index (χ1) is 20.0. The number of carboxylic acid groups (broad SMARTS) is 1. The molecule has 13 heteroatoms. The number of rotatable bonds is 5. The Bertz CT molecular complexity index is 1850. The van der Waals surface area contributed by atoms with Crippen molar-refractivity contribution in [2.45, 2.75) is 19.1 Å². The number of aromatic nitrogens is 3. The Morgan fingerprint density at radius 3 is 2.38 bits per heavy atom. The average molecular weight is 570 g/mol. The van der Waals surface area contributed by atoms with Gasteiger partial charge in [0.05, 0.1) is 34.9 Å². The lowest BCUT2D eigenvalue weighted by Gasteiger charge is -2.34. The molecule has 208 valence electrons. The van der Waals surface area contributed by atoms with Crippen LogP contribution in [0.15, 0.2) is 84.2 Å². The molecule has 1 aliphatic rings. The number of nitrogens with one attached hydrogen (secondary N) is 1. The number of nitrogens with zero attached hydrogens (tertiary/aromatic N) is 6. The SMILES string of the molecule is [C-]#[N+]C1=C(C)N(c2cccc(C(F)(F)F)c2)c2nc(NC(=O)c3ccccc3C(=O)O)nn2C1c1ccc(C#N)cc1. The van der Waals surface area contributed by atoms with Gasteiger partial charge in [0.15, 0.2) is 0 Å². The van der Waals surface area contributed by atoms with Crippen molar-refractivity contribution in [3.05, 3.63) is 123 Å². The van der Waals surface area contributed by atoms with E-state index in [1.807, 2.05) is 6.07 Å². The molecule has 3 aromatic carbocycles. The summed E-state index contributed by atoms with van der Waals surface area (Å²) in [5.74, 6) is -2.43. The van der Waals surface area contributed by atoms with Gasteiger partial charge in [0.2, 0.25) is 11.6 Å². The molecular weight excluding hydrogens is 551 g/mol. The summed E-state index contributed by atoms with van der Waals surface area (Å²) >= 11 is 0. The van der Waals surface area contributed by atoms with Crippen molar-refractivity contribution in [3.63, 3.8) is 0 Å². The molecule has 42 heavy (non-hydrogen) atoms. The zero-order valence-corrected chi connectivity index (χ0v) is 21.6. The minimum atomic E-state index is -4.64. The summed E-state index contributed by atoms with van der Waals surface area (Å²) in [5.41, 5.74) is -0.00505. The molecule has 0 saturated heterocycles. The Morgan fingerprint density at radius 1 is 1.07 bits per heavy atom. The van der Waals surface area contributed by atoms with Crippen molar-refractivity contribution in [2.75, 3.05) is 10.2 Å². The molecule has 0 spiro atoms. The monoisotopic (exact) mass is 569 g/mol. The quantitative estimate of drug-likeness (QED) is 0.282. The number of carboxylic acids is 1. The molecule has 0 bridgehead atoms. The molecule has 10 nitrogen and oxygen atoms in total. The molecule has 4 aromatic rings. The third kappa shape index (κ3) is 4.91. The number of alkyl halides is 3. The normalized spacial score (nSPS) is 14.5. The van der Waals surface area contributed by atoms with Gasteiger partial charge in [-0.15, -0.1) is 5.10 Å². The van der Waals surface area contributed by atoms with Crippen LogP contribution in [0.25, 0.3) is 4.85 Å². The fourth-order valence-electron chi connectivity index (χ4n) is 4.62. The number of amides is 1. The first kappa shape index (κ1) is 27.6. The maximum absolute atomic E-state index is 13.6. The Labute approximate surface area is 236 Å². The van der Waals surface area contributed by atoms with Gasteiger partial charge < -0.3 is 5.11 Å². The molecule has 1 atom stereocenters.